The standard InChI is InChI=1S/C77H124N22O28/c1-34(2)26-45(92-63(113)40(10)85-65(115)42-16-12-22-81-42)64(114)83-33-55(101)89-46(27-35(3)4)69(119)94-49(30-57(104)105)70(120)95-50(31-58(106)107)71(121)97-51(32-59(108)109)75(125)99-25-15-19-53(99)73(123)96-48(29-56(102)103)68(118)88-41(11)74(124)98-24-14-18-52(98)72(122)87-37(7)60(110)84-38(8)61(111)90-43(20-21-54(78)100)66(116)93-47(28-36(5)6)67(117)86-39(9)62(112)91-44(76(126)127)17-13-23-82-77(79)80/h34-53,81H,12-33H2,1-11H3,(H2,78,100)(H,83,114)(H,84,110)(H,85,115)(H,86,117)(H,87,122)(H,88,118)(H,89,101)(H,90,111)(H,91,112)(H,92,113)(H,93,116)(H,94,119)(H,95,120)(H,96,123)(H,97,121)(H,102,103)(H,104,105)(H,106,107)(H,108,109)(H,126,127)(H4,79,80,82)/t37-,38-,39-,40-,41-,42-,43-,44-,45-,46-,47-,48-,49-,50-,51-,52-,53-/m0/s1. The number of hydrogen-bond acceptors (Lipinski definition) is 25. The number of carbonyl (C=O) groups is 23. The number of aliphatic carboxylic acids is 5. The van der Waals surface area contributed by atoms with Gasteiger partial charge in [0.05, 0.1) is 38.3 Å². The van der Waals surface area contributed by atoms with Gasteiger partial charge in [-0.1, -0.05) is 41.5 Å². The van der Waals surface area contributed by atoms with E-state index in [2.05, 4.69) is 79.8 Å². The summed E-state index contributed by atoms with van der Waals surface area (Å²) in [6, 6.07) is -26.2. The minimum Gasteiger partial charge on any atom is -0.481 e. The lowest BCUT2D eigenvalue weighted by atomic mass is 10.0. The molecule has 17 atom stereocenters. The molecule has 3 aliphatic rings. The third kappa shape index (κ3) is 38.2. The maximum atomic E-state index is 14.4. The molecule has 3 fully saturated rings. The summed E-state index contributed by atoms with van der Waals surface area (Å²) < 4.78 is 0. The first-order valence-corrected chi connectivity index (χ1v) is 41.6. The van der Waals surface area contributed by atoms with Crippen molar-refractivity contribution in [2.24, 2.45) is 29.2 Å². The Balaban J connectivity index is 1.71. The Morgan fingerprint density at radius 3 is 1.17 bits per heavy atom. The number of carboxylic acid groups (broad SMARTS) is 5. The molecule has 0 aromatic carbocycles. The van der Waals surface area contributed by atoms with Crippen LogP contribution in [0.15, 0.2) is 0 Å². The van der Waals surface area contributed by atoms with Crippen molar-refractivity contribution in [3.05, 3.63) is 0 Å². The zero-order chi connectivity index (χ0) is 96.1. The molecule has 27 N–H and O–H groups in total. The van der Waals surface area contributed by atoms with Crippen molar-refractivity contribution >= 4 is 142 Å². The number of hydrogen-bond donors (Lipinski definition) is 25. The van der Waals surface area contributed by atoms with E-state index in [1.807, 2.05) is 10.6 Å². The van der Waals surface area contributed by atoms with Crippen LogP contribution < -0.4 is 102 Å². The Bertz CT molecular complexity index is 4030. The van der Waals surface area contributed by atoms with E-state index in [4.69, 9.17) is 16.9 Å². The van der Waals surface area contributed by atoms with Gasteiger partial charge in [0.25, 0.3) is 0 Å². The second-order valence-electron chi connectivity index (χ2n) is 32.6. The summed E-state index contributed by atoms with van der Waals surface area (Å²) in [7, 11) is 0. The van der Waals surface area contributed by atoms with Crippen LogP contribution in [-0.4, -0.2) is 313 Å². The molecule has 0 aromatic heterocycles. The van der Waals surface area contributed by atoms with Crippen LogP contribution in [0.1, 0.15) is 185 Å². The molecule has 0 aromatic rings. The molecule has 0 unspecified atom stereocenters. The molecule has 18 amide bonds. The van der Waals surface area contributed by atoms with Crippen molar-refractivity contribution in [1.82, 2.24) is 100 Å². The molecule has 0 aliphatic carbocycles. The predicted octanol–water partition coefficient (Wildman–Crippen LogP) is -8.63. The van der Waals surface area contributed by atoms with E-state index in [0.29, 0.717) is 13.0 Å². The molecule has 3 aliphatic heterocycles. The quantitative estimate of drug-likeness (QED) is 0.0153. The highest BCUT2D eigenvalue weighted by atomic mass is 16.4. The Kier molecular flexibility index (Phi) is 44.9. The van der Waals surface area contributed by atoms with Gasteiger partial charge in [0.1, 0.15) is 96.7 Å². The van der Waals surface area contributed by atoms with Crippen LogP contribution in [0.4, 0.5) is 0 Å². The van der Waals surface area contributed by atoms with E-state index in [1.54, 1.807) is 41.5 Å². The van der Waals surface area contributed by atoms with Gasteiger partial charge in [0.2, 0.25) is 106 Å². The molecular weight excluding hydrogens is 1680 g/mol. The topological polar surface area (TPSA) is 781 Å². The first-order valence-electron chi connectivity index (χ1n) is 41.6. The lowest BCUT2D eigenvalue weighted by Gasteiger charge is -2.31. The van der Waals surface area contributed by atoms with E-state index in [1.165, 1.54) is 27.7 Å². The average Bonchev–Trinajstić information content (AvgIpc) is 1.72. The number of nitrogens with two attached hydrogens (primary N) is 2. The highest BCUT2D eigenvalue weighted by Crippen LogP contribution is 2.23. The molecule has 0 spiro atoms. The van der Waals surface area contributed by atoms with E-state index in [9.17, 15) is 136 Å². The zero-order valence-corrected chi connectivity index (χ0v) is 72.8. The first kappa shape index (κ1) is 108. The summed E-state index contributed by atoms with van der Waals surface area (Å²) >= 11 is 0. The SMILES string of the molecule is CC(C)C[C@H](NC(=O)CNC(=O)[C@H](CC(C)C)NC(=O)[C@H](C)NC(=O)[C@@H]1CCCN1)C(=O)N[C@@H](CC(=O)O)C(=O)N[C@@H](CC(=O)O)C(=O)N[C@@H](CC(=O)O)C(=O)N1CCC[C@H]1C(=O)N[C@@H](CC(=O)O)C(=O)N[C@@H](C)C(=O)N1CCC[C@H]1C(=O)N[C@@H](C)C(=O)N[C@@H](C)C(=O)N[C@@H](CCC(N)=O)C(=O)N[C@@H](CC(C)C)C(=O)N[C@@H](C)C(=O)N[C@@H](CCCNC(=N)N)C(=O)O. The van der Waals surface area contributed by atoms with Crippen LogP contribution in [0.25, 0.3) is 0 Å². The molecule has 50 nitrogen and oxygen atoms in total. The lowest BCUT2D eigenvalue weighted by molar-refractivity contribution is -0.147. The number of likely N-dealkylation sites (tertiary alicyclic amines) is 2. The van der Waals surface area contributed by atoms with Crippen molar-refractivity contribution in [3.63, 3.8) is 0 Å². The molecule has 50 heteroatoms. The van der Waals surface area contributed by atoms with E-state index >= 15 is 0 Å². The molecule has 0 radical (unpaired) electrons. The van der Waals surface area contributed by atoms with Crippen LogP contribution in [0.5, 0.6) is 0 Å². The maximum absolute atomic E-state index is 14.4. The monoisotopic (exact) mass is 1800 g/mol. The van der Waals surface area contributed by atoms with E-state index in [0.717, 1.165) is 23.1 Å². The summed E-state index contributed by atoms with van der Waals surface area (Å²) in [6.45, 7) is 15.9. The second kappa shape index (κ2) is 52.7. The minimum atomic E-state index is -2.29. The fraction of sp³-hybridized carbons (Fsp3) is 0.688. The van der Waals surface area contributed by atoms with Gasteiger partial charge in [-0.05, 0) is 136 Å². The number of carboxylic acids is 5. The number of rotatable bonds is 54. The van der Waals surface area contributed by atoms with Gasteiger partial charge in [-0.2, -0.15) is 0 Å². The lowest BCUT2D eigenvalue weighted by Crippen LogP contribution is -2.61. The van der Waals surface area contributed by atoms with Gasteiger partial charge in [0, 0.05) is 26.1 Å². The molecule has 3 rings (SSSR count). The van der Waals surface area contributed by atoms with Gasteiger partial charge in [-0.3, -0.25) is 111 Å². The highest BCUT2D eigenvalue weighted by Gasteiger charge is 2.44. The number of amides is 18. The van der Waals surface area contributed by atoms with Gasteiger partial charge in [-0.25, -0.2) is 4.79 Å². The van der Waals surface area contributed by atoms with Crippen molar-refractivity contribution < 1.29 is 136 Å². The zero-order valence-electron chi connectivity index (χ0n) is 72.8. The van der Waals surface area contributed by atoms with Crippen molar-refractivity contribution in [1.29, 1.82) is 5.41 Å². The highest BCUT2D eigenvalue weighted by molar-refractivity contribution is 6.03. The van der Waals surface area contributed by atoms with Crippen LogP contribution in [0.3, 0.4) is 0 Å². The maximum Gasteiger partial charge on any atom is 0.326 e. The van der Waals surface area contributed by atoms with Gasteiger partial charge in [0.15, 0.2) is 5.96 Å². The largest absolute Gasteiger partial charge is 0.481 e. The number of nitrogens with one attached hydrogen (secondary N) is 18. The number of guanidine groups is 1. The van der Waals surface area contributed by atoms with E-state index < -0.39 is 290 Å². The summed E-state index contributed by atoms with van der Waals surface area (Å²) in [5.74, 6) is -28.1. The molecule has 710 valence electrons. The number of carbonyl (C=O) groups excluding carboxylic acids is 18. The molecule has 3 heterocycles. The molecular formula is C77H124N22O28. The van der Waals surface area contributed by atoms with Gasteiger partial charge in [-0.15, -0.1) is 0 Å². The van der Waals surface area contributed by atoms with Crippen molar-refractivity contribution in [2.75, 3.05) is 32.7 Å². The van der Waals surface area contributed by atoms with Crippen molar-refractivity contribution in [2.45, 2.75) is 288 Å². The molecule has 127 heavy (non-hydrogen) atoms. The Morgan fingerprint density at radius 2 is 0.717 bits per heavy atom. The van der Waals surface area contributed by atoms with Gasteiger partial charge < -0.3 is 137 Å². The van der Waals surface area contributed by atoms with Crippen LogP contribution in [-0.2, 0) is 110 Å². The number of primary amides is 1. The van der Waals surface area contributed by atoms with Crippen LogP contribution in [0.2, 0.25) is 0 Å². The molecule has 0 saturated carbocycles. The second-order valence-corrected chi connectivity index (χ2v) is 32.6. The molecule has 3 saturated heterocycles. The third-order valence-electron chi connectivity index (χ3n) is 20.2. The molecule has 0 bridgehead atoms. The van der Waals surface area contributed by atoms with Gasteiger partial charge >= 0.3 is 29.8 Å². The normalized spacial score (nSPS) is 18.0. The minimum absolute atomic E-state index is 0.0000434. The Morgan fingerprint density at radius 1 is 0.362 bits per heavy atom. The van der Waals surface area contributed by atoms with Crippen LogP contribution in [0, 0.1) is 23.2 Å². The van der Waals surface area contributed by atoms with E-state index in [-0.39, 0.29) is 95.2 Å². The summed E-state index contributed by atoms with van der Waals surface area (Å²) in [6.07, 6.45) is -4.70. The Hall–Kier alpha value is -13.0. The smallest absolute Gasteiger partial charge is 0.326 e. The fourth-order valence-corrected chi connectivity index (χ4v) is 13.6. The summed E-state index contributed by atoms with van der Waals surface area (Å²) in [5, 5.41) is 97.1. The Labute approximate surface area is 730 Å². The van der Waals surface area contributed by atoms with Crippen LogP contribution >= 0.6 is 0 Å². The average molecular weight is 1810 g/mol. The summed E-state index contributed by atoms with van der Waals surface area (Å²) in [4.78, 5) is 308. The first-order chi connectivity index (χ1) is 59.3. The summed E-state index contributed by atoms with van der Waals surface area (Å²) in [5.41, 5.74) is 10.6. The van der Waals surface area contributed by atoms with Crippen molar-refractivity contribution in [3.8, 4) is 0 Å². The predicted molar refractivity (Wildman–Crippen MR) is 441 cm³/mol. The third-order valence-corrected chi connectivity index (χ3v) is 20.2. The fourth-order valence-electron chi connectivity index (χ4n) is 13.6. The number of nitrogens with zero attached hydrogens (tertiary/aromatic N) is 2.